The minimum absolute atomic E-state index is 0.0340. The van der Waals surface area contributed by atoms with Crippen LogP contribution in [0.3, 0.4) is 0 Å². The molecule has 1 aromatic carbocycles. The Balaban J connectivity index is 0.000000891. The Morgan fingerprint density at radius 1 is 1.33 bits per heavy atom. The molecule has 0 saturated carbocycles. The molecule has 1 amide bonds. The molecule has 1 heterocycles. The van der Waals surface area contributed by atoms with Crippen molar-refractivity contribution in [1.29, 1.82) is 0 Å². The van der Waals surface area contributed by atoms with Crippen molar-refractivity contribution in [3.05, 3.63) is 29.3 Å². The summed E-state index contributed by atoms with van der Waals surface area (Å²) in [6.45, 7) is 5.82. The van der Waals surface area contributed by atoms with E-state index in [2.05, 4.69) is 0 Å². The fourth-order valence-electron chi connectivity index (χ4n) is 2.67. The van der Waals surface area contributed by atoms with Gasteiger partial charge in [0.1, 0.15) is 0 Å². The predicted molar refractivity (Wildman–Crippen MR) is 86.1 cm³/mol. The Labute approximate surface area is 140 Å². The number of hydrogen-bond donors (Lipinski definition) is 1. The molecule has 0 bridgehead atoms. The summed E-state index contributed by atoms with van der Waals surface area (Å²) >= 11 is 0. The Kier molecular flexibility index (Phi) is 7.54. The molecule has 0 aromatic heterocycles. The number of ether oxygens (including phenoxy) is 1. The summed E-state index contributed by atoms with van der Waals surface area (Å²) in [6, 6.07) is 3.49. The molecule has 7 heteroatoms. The van der Waals surface area contributed by atoms with Gasteiger partial charge in [-0.15, -0.1) is 0 Å². The molecular weight excluding hydrogens is 323 g/mol. The standard InChI is InChI=1S/C15H18F3NO2.C2H6O/c1-3-12-7-5-10-9-11(15(16,17)18)6-8-13(10)19(12)14(20)21-4-2;1-2-3/h6,8-9,12H,3-5,7H2,1-2H3;3H,2H2,1H3. The summed E-state index contributed by atoms with van der Waals surface area (Å²) in [6.07, 6.45) is -2.95. The number of halogens is 3. The van der Waals surface area contributed by atoms with Crippen molar-refractivity contribution < 1.29 is 27.8 Å². The van der Waals surface area contributed by atoms with Gasteiger partial charge in [-0.3, -0.25) is 4.90 Å². The number of fused-ring (bicyclic) bond motifs is 1. The van der Waals surface area contributed by atoms with Gasteiger partial charge in [-0.2, -0.15) is 13.2 Å². The van der Waals surface area contributed by atoms with Crippen LogP contribution in [-0.2, 0) is 17.3 Å². The number of anilines is 1. The summed E-state index contributed by atoms with van der Waals surface area (Å²) < 4.78 is 43.3. The first-order chi connectivity index (χ1) is 11.3. The summed E-state index contributed by atoms with van der Waals surface area (Å²) in [5.41, 5.74) is 0.391. The molecule has 1 aromatic rings. The fraction of sp³-hybridized carbons (Fsp3) is 0.588. The SMILES string of the molecule is CCO.CCOC(=O)N1c2ccc(C(F)(F)F)cc2CCC1CC. The highest BCUT2D eigenvalue weighted by Gasteiger charge is 2.35. The summed E-state index contributed by atoms with van der Waals surface area (Å²) in [7, 11) is 0. The highest BCUT2D eigenvalue weighted by Crippen LogP contribution is 2.37. The van der Waals surface area contributed by atoms with Crippen molar-refractivity contribution in [2.24, 2.45) is 0 Å². The highest BCUT2D eigenvalue weighted by atomic mass is 19.4. The maximum atomic E-state index is 12.8. The van der Waals surface area contributed by atoms with Gasteiger partial charge >= 0.3 is 12.3 Å². The zero-order chi connectivity index (χ0) is 18.3. The van der Waals surface area contributed by atoms with Crippen LogP contribution >= 0.6 is 0 Å². The van der Waals surface area contributed by atoms with Gasteiger partial charge in [0.05, 0.1) is 17.9 Å². The van der Waals surface area contributed by atoms with Gasteiger partial charge in [-0.05, 0) is 56.9 Å². The van der Waals surface area contributed by atoms with E-state index in [9.17, 15) is 18.0 Å². The molecule has 0 radical (unpaired) electrons. The van der Waals surface area contributed by atoms with Gasteiger partial charge < -0.3 is 9.84 Å². The Morgan fingerprint density at radius 3 is 2.46 bits per heavy atom. The van der Waals surface area contributed by atoms with Crippen LogP contribution in [0.2, 0.25) is 0 Å². The lowest BCUT2D eigenvalue weighted by molar-refractivity contribution is -0.137. The second-order valence-electron chi connectivity index (χ2n) is 5.33. The van der Waals surface area contributed by atoms with E-state index in [0.717, 1.165) is 18.6 Å². The van der Waals surface area contributed by atoms with E-state index in [4.69, 9.17) is 9.84 Å². The van der Waals surface area contributed by atoms with Gasteiger partial charge in [0.25, 0.3) is 0 Å². The van der Waals surface area contributed by atoms with Gasteiger partial charge in [-0.25, -0.2) is 4.79 Å². The Hall–Kier alpha value is -1.76. The highest BCUT2D eigenvalue weighted by molar-refractivity contribution is 5.90. The van der Waals surface area contributed by atoms with Crippen LogP contribution in [0.25, 0.3) is 0 Å². The molecular formula is C17H24F3NO3. The largest absolute Gasteiger partial charge is 0.449 e. The molecule has 0 spiro atoms. The molecule has 1 aliphatic rings. The van der Waals surface area contributed by atoms with E-state index >= 15 is 0 Å². The number of nitrogens with zero attached hydrogens (tertiary/aromatic N) is 1. The Bertz CT molecular complexity index is 546. The second kappa shape index (κ2) is 8.92. The van der Waals surface area contributed by atoms with E-state index in [1.165, 1.54) is 11.0 Å². The minimum Gasteiger partial charge on any atom is -0.449 e. The molecule has 1 aliphatic heterocycles. The topological polar surface area (TPSA) is 49.8 Å². The molecule has 4 nitrogen and oxygen atoms in total. The van der Waals surface area contributed by atoms with Crippen LogP contribution in [0.4, 0.5) is 23.7 Å². The van der Waals surface area contributed by atoms with Gasteiger partial charge in [0.15, 0.2) is 0 Å². The smallest absolute Gasteiger partial charge is 0.416 e. The number of benzene rings is 1. The van der Waals surface area contributed by atoms with E-state index in [1.54, 1.807) is 13.8 Å². The molecule has 0 fully saturated rings. The van der Waals surface area contributed by atoms with Crippen LogP contribution in [-0.4, -0.2) is 30.5 Å². The normalized spacial score (nSPS) is 16.8. The average molecular weight is 347 g/mol. The number of aliphatic hydroxyl groups excluding tert-OH is 1. The lowest BCUT2D eigenvalue weighted by Crippen LogP contribution is -2.43. The minimum atomic E-state index is -4.37. The molecule has 2 rings (SSSR count). The molecule has 0 aliphatic carbocycles. The van der Waals surface area contributed by atoms with Crippen LogP contribution < -0.4 is 4.90 Å². The number of hydrogen-bond acceptors (Lipinski definition) is 3. The fourth-order valence-corrected chi connectivity index (χ4v) is 2.67. The first kappa shape index (κ1) is 20.3. The number of carbonyl (C=O) groups excluding carboxylic acids is 1. The molecule has 1 atom stereocenters. The van der Waals surface area contributed by atoms with Crippen molar-refractivity contribution in [2.45, 2.75) is 52.3 Å². The third-order valence-electron chi connectivity index (χ3n) is 3.71. The quantitative estimate of drug-likeness (QED) is 0.863. The summed E-state index contributed by atoms with van der Waals surface area (Å²) in [4.78, 5) is 13.6. The first-order valence-corrected chi connectivity index (χ1v) is 8.06. The van der Waals surface area contributed by atoms with Crippen molar-refractivity contribution >= 4 is 11.8 Å². The van der Waals surface area contributed by atoms with Crippen molar-refractivity contribution in [2.75, 3.05) is 18.1 Å². The molecule has 136 valence electrons. The monoisotopic (exact) mass is 347 g/mol. The zero-order valence-corrected chi connectivity index (χ0v) is 14.2. The van der Waals surface area contributed by atoms with E-state index in [1.807, 2.05) is 6.92 Å². The van der Waals surface area contributed by atoms with Gasteiger partial charge in [0.2, 0.25) is 0 Å². The van der Waals surface area contributed by atoms with Crippen LogP contribution in [0, 0.1) is 0 Å². The van der Waals surface area contributed by atoms with Gasteiger partial charge in [0, 0.05) is 12.6 Å². The summed E-state index contributed by atoms with van der Waals surface area (Å²) in [5, 5.41) is 7.57. The van der Waals surface area contributed by atoms with E-state index in [0.29, 0.717) is 24.1 Å². The molecule has 1 N–H and O–H groups in total. The maximum absolute atomic E-state index is 12.8. The van der Waals surface area contributed by atoms with Crippen LogP contribution in [0.15, 0.2) is 18.2 Å². The second-order valence-corrected chi connectivity index (χ2v) is 5.33. The lowest BCUT2D eigenvalue weighted by Gasteiger charge is -2.36. The first-order valence-electron chi connectivity index (χ1n) is 8.06. The number of alkyl halides is 3. The van der Waals surface area contributed by atoms with Crippen molar-refractivity contribution in [3.63, 3.8) is 0 Å². The molecule has 24 heavy (non-hydrogen) atoms. The Morgan fingerprint density at radius 2 is 1.96 bits per heavy atom. The predicted octanol–water partition coefficient (Wildman–Crippen LogP) is 4.39. The molecule has 0 saturated heterocycles. The average Bonchev–Trinajstić information content (AvgIpc) is 2.53. The number of carbonyl (C=O) groups is 1. The third-order valence-corrected chi connectivity index (χ3v) is 3.71. The lowest BCUT2D eigenvalue weighted by atomic mass is 9.93. The third kappa shape index (κ3) is 4.87. The number of aryl methyl sites for hydroxylation is 1. The van der Waals surface area contributed by atoms with Crippen molar-refractivity contribution in [1.82, 2.24) is 0 Å². The van der Waals surface area contributed by atoms with E-state index in [-0.39, 0.29) is 19.3 Å². The van der Waals surface area contributed by atoms with Crippen LogP contribution in [0.1, 0.15) is 44.7 Å². The van der Waals surface area contributed by atoms with E-state index < -0.39 is 17.8 Å². The number of aliphatic hydroxyl groups is 1. The van der Waals surface area contributed by atoms with Crippen molar-refractivity contribution in [3.8, 4) is 0 Å². The zero-order valence-electron chi connectivity index (χ0n) is 14.2. The van der Waals surface area contributed by atoms with Crippen LogP contribution in [0.5, 0.6) is 0 Å². The summed E-state index contributed by atoms with van der Waals surface area (Å²) in [5.74, 6) is 0. The maximum Gasteiger partial charge on any atom is 0.416 e. The number of rotatable bonds is 2. The van der Waals surface area contributed by atoms with Gasteiger partial charge in [-0.1, -0.05) is 6.92 Å². The number of amides is 1. The molecule has 1 unspecified atom stereocenters.